The summed E-state index contributed by atoms with van der Waals surface area (Å²) in [6.45, 7) is 0.997. The van der Waals surface area contributed by atoms with Gasteiger partial charge in [-0.25, -0.2) is 0 Å². The highest BCUT2D eigenvalue weighted by molar-refractivity contribution is 6.35. The van der Waals surface area contributed by atoms with Gasteiger partial charge in [-0.3, -0.25) is 14.4 Å². The van der Waals surface area contributed by atoms with Gasteiger partial charge in [-0.05, 0) is 19.3 Å². The number of aliphatic hydroxyl groups excluding tert-OH is 1. The third kappa shape index (κ3) is 3.99. The van der Waals surface area contributed by atoms with Crippen molar-refractivity contribution in [2.24, 2.45) is 11.7 Å². The van der Waals surface area contributed by atoms with Gasteiger partial charge in [0.1, 0.15) is 0 Å². The van der Waals surface area contributed by atoms with E-state index in [0.717, 1.165) is 0 Å². The summed E-state index contributed by atoms with van der Waals surface area (Å²) in [5, 5.41) is 11.0. The lowest BCUT2D eigenvalue weighted by Gasteiger charge is -2.29. The molecule has 102 valence electrons. The van der Waals surface area contributed by atoms with Crippen molar-refractivity contribution in [1.29, 1.82) is 0 Å². The van der Waals surface area contributed by atoms with Gasteiger partial charge in [-0.15, -0.1) is 0 Å². The van der Waals surface area contributed by atoms with E-state index in [9.17, 15) is 14.4 Å². The number of likely N-dealkylation sites (tertiary alicyclic amines) is 1. The molecule has 7 nitrogen and oxygen atoms in total. The summed E-state index contributed by atoms with van der Waals surface area (Å²) in [7, 11) is 0. The standard InChI is InChI=1S/C11H19N3O4/c12-9(16)8-2-5-14(6-3-8)11(18)10(17)13-4-1-7-15/h8,15H,1-7H2,(H2,12,16)(H,13,17). The van der Waals surface area contributed by atoms with E-state index < -0.39 is 11.8 Å². The Labute approximate surface area is 105 Å². The molecular formula is C11H19N3O4. The maximum absolute atomic E-state index is 11.7. The van der Waals surface area contributed by atoms with E-state index in [1.807, 2.05) is 0 Å². The molecule has 18 heavy (non-hydrogen) atoms. The topological polar surface area (TPSA) is 113 Å². The molecule has 0 aromatic carbocycles. The molecule has 0 saturated carbocycles. The molecule has 0 aliphatic carbocycles. The zero-order valence-corrected chi connectivity index (χ0v) is 10.2. The second kappa shape index (κ2) is 6.95. The molecule has 1 heterocycles. The van der Waals surface area contributed by atoms with Crippen molar-refractivity contribution in [3.8, 4) is 0 Å². The summed E-state index contributed by atoms with van der Waals surface area (Å²) in [5.41, 5.74) is 5.18. The van der Waals surface area contributed by atoms with Crippen LogP contribution in [-0.2, 0) is 14.4 Å². The van der Waals surface area contributed by atoms with E-state index >= 15 is 0 Å². The van der Waals surface area contributed by atoms with Crippen LogP contribution in [0.3, 0.4) is 0 Å². The Hall–Kier alpha value is -1.63. The molecule has 3 amide bonds. The quantitative estimate of drug-likeness (QED) is 0.407. The Morgan fingerprint density at radius 1 is 1.28 bits per heavy atom. The molecule has 0 aromatic rings. The van der Waals surface area contributed by atoms with Gasteiger partial charge in [-0.2, -0.15) is 0 Å². The summed E-state index contributed by atoms with van der Waals surface area (Å²) in [5.74, 6) is -1.81. The largest absolute Gasteiger partial charge is 0.396 e. The van der Waals surface area contributed by atoms with Gasteiger partial charge >= 0.3 is 11.8 Å². The fourth-order valence-electron chi connectivity index (χ4n) is 1.87. The van der Waals surface area contributed by atoms with Crippen LogP contribution in [0.1, 0.15) is 19.3 Å². The van der Waals surface area contributed by atoms with Crippen molar-refractivity contribution in [1.82, 2.24) is 10.2 Å². The van der Waals surface area contributed by atoms with Crippen molar-refractivity contribution >= 4 is 17.7 Å². The van der Waals surface area contributed by atoms with Crippen molar-refractivity contribution in [2.75, 3.05) is 26.2 Å². The highest BCUT2D eigenvalue weighted by atomic mass is 16.3. The number of amides is 3. The zero-order chi connectivity index (χ0) is 13.5. The number of primary amides is 1. The lowest BCUT2D eigenvalue weighted by molar-refractivity contribution is -0.147. The fourth-order valence-corrected chi connectivity index (χ4v) is 1.87. The molecule has 0 radical (unpaired) electrons. The average Bonchev–Trinajstić information content (AvgIpc) is 2.38. The van der Waals surface area contributed by atoms with Crippen molar-refractivity contribution < 1.29 is 19.5 Å². The number of nitrogens with zero attached hydrogens (tertiary/aromatic N) is 1. The van der Waals surface area contributed by atoms with Crippen LogP contribution in [0.2, 0.25) is 0 Å². The van der Waals surface area contributed by atoms with Crippen LogP contribution < -0.4 is 11.1 Å². The number of nitrogens with one attached hydrogen (secondary N) is 1. The highest BCUT2D eigenvalue weighted by Gasteiger charge is 2.28. The lowest BCUT2D eigenvalue weighted by Crippen LogP contribution is -2.48. The van der Waals surface area contributed by atoms with E-state index in [4.69, 9.17) is 10.8 Å². The number of rotatable bonds is 4. The van der Waals surface area contributed by atoms with Crippen LogP contribution in [0.15, 0.2) is 0 Å². The van der Waals surface area contributed by atoms with Gasteiger partial charge < -0.3 is 21.1 Å². The van der Waals surface area contributed by atoms with Crippen molar-refractivity contribution in [3.05, 3.63) is 0 Å². The van der Waals surface area contributed by atoms with Crippen LogP contribution in [0.4, 0.5) is 0 Å². The number of carbonyl (C=O) groups is 3. The number of nitrogens with two attached hydrogens (primary N) is 1. The lowest BCUT2D eigenvalue weighted by atomic mass is 9.96. The molecule has 1 fully saturated rings. The normalized spacial score (nSPS) is 16.4. The second-order valence-corrected chi connectivity index (χ2v) is 4.30. The Bertz CT molecular complexity index is 324. The smallest absolute Gasteiger partial charge is 0.311 e. The Morgan fingerprint density at radius 3 is 2.39 bits per heavy atom. The Kier molecular flexibility index (Phi) is 5.57. The Morgan fingerprint density at radius 2 is 1.89 bits per heavy atom. The first-order valence-electron chi connectivity index (χ1n) is 6.03. The molecule has 0 atom stereocenters. The van der Waals surface area contributed by atoms with Crippen LogP contribution >= 0.6 is 0 Å². The molecule has 0 bridgehead atoms. The van der Waals surface area contributed by atoms with E-state index in [1.165, 1.54) is 4.90 Å². The molecule has 4 N–H and O–H groups in total. The molecule has 0 unspecified atom stereocenters. The fraction of sp³-hybridized carbons (Fsp3) is 0.727. The van der Waals surface area contributed by atoms with Gasteiger partial charge in [-0.1, -0.05) is 0 Å². The molecule has 1 rings (SSSR count). The van der Waals surface area contributed by atoms with E-state index in [1.54, 1.807) is 0 Å². The summed E-state index contributed by atoms with van der Waals surface area (Å²) in [6, 6.07) is 0. The zero-order valence-electron chi connectivity index (χ0n) is 10.2. The van der Waals surface area contributed by atoms with E-state index in [0.29, 0.717) is 32.4 Å². The van der Waals surface area contributed by atoms with Crippen LogP contribution in [0, 0.1) is 5.92 Å². The van der Waals surface area contributed by atoms with Gasteiger partial charge in [0.05, 0.1) is 0 Å². The minimum absolute atomic E-state index is 0.0293. The molecule has 1 saturated heterocycles. The number of hydrogen-bond donors (Lipinski definition) is 3. The molecule has 1 aliphatic heterocycles. The first-order chi connectivity index (χ1) is 8.56. The third-order valence-electron chi connectivity index (χ3n) is 3.00. The molecule has 7 heteroatoms. The van der Waals surface area contributed by atoms with Crippen molar-refractivity contribution in [3.63, 3.8) is 0 Å². The van der Waals surface area contributed by atoms with Crippen LogP contribution in [-0.4, -0.2) is 54.0 Å². The summed E-state index contributed by atoms with van der Waals surface area (Å²) in [4.78, 5) is 35.5. The van der Waals surface area contributed by atoms with Crippen LogP contribution in [0.25, 0.3) is 0 Å². The first-order valence-corrected chi connectivity index (χ1v) is 6.03. The Balaban J connectivity index is 2.35. The van der Waals surface area contributed by atoms with E-state index in [2.05, 4.69) is 5.32 Å². The number of piperidine rings is 1. The predicted molar refractivity (Wildman–Crippen MR) is 63.2 cm³/mol. The van der Waals surface area contributed by atoms with Gasteiger partial charge in [0, 0.05) is 32.2 Å². The number of carbonyl (C=O) groups excluding carboxylic acids is 3. The first kappa shape index (κ1) is 14.4. The number of hydrogen-bond acceptors (Lipinski definition) is 4. The molecule has 1 aliphatic rings. The second-order valence-electron chi connectivity index (χ2n) is 4.30. The molecule has 0 aromatic heterocycles. The molecular weight excluding hydrogens is 238 g/mol. The predicted octanol–water partition coefficient (Wildman–Crippen LogP) is -1.79. The third-order valence-corrected chi connectivity index (χ3v) is 3.00. The minimum Gasteiger partial charge on any atom is -0.396 e. The number of aliphatic hydroxyl groups is 1. The summed E-state index contributed by atoms with van der Waals surface area (Å²) >= 11 is 0. The summed E-state index contributed by atoms with van der Waals surface area (Å²) in [6.07, 6.45) is 1.43. The van der Waals surface area contributed by atoms with Gasteiger partial charge in [0.2, 0.25) is 5.91 Å². The summed E-state index contributed by atoms with van der Waals surface area (Å²) < 4.78 is 0. The maximum atomic E-state index is 11.7. The average molecular weight is 257 g/mol. The van der Waals surface area contributed by atoms with Gasteiger partial charge in [0.25, 0.3) is 0 Å². The highest BCUT2D eigenvalue weighted by Crippen LogP contribution is 2.16. The maximum Gasteiger partial charge on any atom is 0.311 e. The van der Waals surface area contributed by atoms with Gasteiger partial charge in [0.15, 0.2) is 0 Å². The minimum atomic E-state index is -0.666. The van der Waals surface area contributed by atoms with E-state index in [-0.39, 0.29) is 25.0 Å². The van der Waals surface area contributed by atoms with Crippen LogP contribution in [0.5, 0.6) is 0 Å². The SMILES string of the molecule is NC(=O)C1CCN(C(=O)C(=O)NCCCO)CC1. The van der Waals surface area contributed by atoms with Crippen molar-refractivity contribution in [2.45, 2.75) is 19.3 Å². The monoisotopic (exact) mass is 257 g/mol. The molecule has 0 spiro atoms.